The van der Waals surface area contributed by atoms with Gasteiger partial charge in [-0.25, -0.2) is 4.39 Å². The average molecular weight is 315 g/mol. The van der Waals surface area contributed by atoms with Crippen LogP contribution in [0, 0.1) is 11.7 Å². The first-order chi connectivity index (χ1) is 8.61. The highest BCUT2D eigenvalue weighted by Gasteiger charge is 2.27. The van der Waals surface area contributed by atoms with Gasteiger partial charge in [-0.3, -0.25) is 4.90 Å². The monoisotopic (exact) mass is 314 g/mol. The minimum absolute atomic E-state index is 0.140. The maximum absolute atomic E-state index is 13.8. The van der Waals surface area contributed by atoms with Gasteiger partial charge in [0.15, 0.2) is 0 Å². The zero-order valence-corrected chi connectivity index (χ0v) is 12.3. The number of rotatable bonds is 3. The second-order valence-corrected chi connectivity index (χ2v) is 6.04. The molecule has 1 fully saturated rings. The van der Waals surface area contributed by atoms with E-state index in [9.17, 15) is 4.39 Å². The Hall–Kier alpha value is -0.450. The fourth-order valence-corrected chi connectivity index (χ4v) is 3.11. The summed E-state index contributed by atoms with van der Waals surface area (Å²) in [5.74, 6) is 0.459. The van der Waals surface area contributed by atoms with Crippen molar-refractivity contribution in [2.75, 3.05) is 13.1 Å². The van der Waals surface area contributed by atoms with Crippen molar-refractivity contribution in [3.63, 3.8) is 0 Å². The van der Waals surface area contributed by atoms with Gasteiger partial charge in [-0.05, 0) is 37.4 Å². The van der Waals surface area contributed by atoms with Gasteiger partial charge in [-0.15, -0.1) is 0 Å². The molecule has 2 N–H and O–H groups in total. The van der Waals surface area contributed by atoms with E-state index in [2.05, 4.69) is 27.8 Å². The van der Waals surface area contributed by atoms with E-state index in [0.29, 0.717) is 25.0 Å². The molecule has 0 amide bonds. The zero-order valence-electron chi connectivity index (χ0n) is 10.7. The highest BCUT2D eigenvalue weighted by atomic mass is 79.9. The summed E-state index contributed by atoms with van der Waals surface area (Å²) >= 11 is 3.28. The largest absolute Gasteiger partial charge is 0.329 e. The Morgan fingerprint density at radius 3 is 2.94 bits per heavy atom. The molecule has 0 saturated carbocycles. The zero-order chi connectivity index (χ0) is 13.1. The predicted molar refractivity (Wildman–Crippen MR) is 75.8 cm³/mol. The molecule has 100 valence electrons. The van der Waals surface area contributed by atoms with E-state index >= 15 is 0 Å². The van der Waals surface area contributed by atoms with Gasteiger partial charge >= 0.3 is 0 Å². The van der Waals surface area contributed by atoms with Gasteiger partial charge in [-0.2, -0.15) is 0 Å². The number of hydrogen-bond donors (Lipinski definition) is 1. The third-order valence-corrected chi connectivity index (χ3v) is 4.35. The topological polar surface area (TPSA) is 29.3 Å². The second-order valence-electron chi connectivity index (χ2n) is 5.13. The first-order valence-electron chi connectivity index (χ1n) is 6.50. The summed E-state index contributed by atoms with van der Waals surface area (Å²) in [6.07, 6.45) is 2.40. The van der Waals surface area contributed by atoms with E-state index in [1.165, 1.54) is 18.9 Å². The maximum atomic E-state index is 13.8. The van der Waals surface area contributed by atoms with Gasteiger partial charge < -0.3 is 5.73 Å². The quantitative estimate of drug-likeness (QED) is 0.928. The molecule has 2 unspecified atom stereocenters. The Morgan fingerprint density at radius 2 is 2.28 bits per heavy atom. The highest BCUT2D eigenvalue weighted by molar-refractivity contribution is 9.10. The minimum Gasteiger partial charge on any atom is -0.329 e. The molecule has 0 aliphatic carbocycles. The third kappa shape index (κ3) is 3.11. The average Bonchev–Trinajstić information content (AvgIpc) is 2.33. The van der Waals surface area contributed by atoms with E-state index in [0.717, 1.165) is 16.6 Å². The molecule has 0 spiro atoms. The molecule has 2 nitrogen and oxygen atoms in total. The summed E-state index contributed by atoms with van der Waals surface area (Å²) < 4.78 is 14.6. The van der Waals surface area contributed by atoms with Crippen molar-refractivity contribution < 1.29 is 4.39 Å². The van der Waals surface area contributed by atoms with Crippen LogP contribution in [-0.4, -0.2) is 24.0 Å². The maximum Gasteiger partial charge on any atom is 0.128 e. The van der Waals surface area contributed by atoms with Gasteiger partial charge in [0, 0.05) is 29.2 Å². The first-order valence-corrected chi connectivity index (χ1v) is 7.29. The fourth-order valence-electron chi connectivity index (χ4n) is 2.78. The Balaban J connectivity index is 2.11. The standard InChI is InChI=1S/C14H20BrFN2/c1-10-3-2-6-18(14(10)8-17)9-11-4-5-12(15)7-13(11)16/h4-5,7,10,14H,2-3,6,8-9,17H2,1H3. The van der Waals surface area contributed by atoms with Crippen molar-refractivity contribution in [3.05, 3.63) is 34.1 Å². The van der Waals surface area contributed by atoms with Gasteiger partial charge in [0.25, 0.3) is 0 Å². The van der Waals surface area contributed by atoms with Crippen LogP contribution in [0.5, 0.6) is 0 Å². The Labute approximate surface area is 116 Å². The van der Waals surface area contributed by atoms with E-state index in [1.54, 1.807) is 0 Å². The molecule has 1 heterocycles. The molecule has 4 heteroatoms. The molecular weight excluding hydrogens is 295 g/mol. The Kier molecular flexibility index (Phi) is 4.76. The summed E-state index contributed by atoms with van der Waals surface area (Å²) in [5.41, 5.74) is 6.61. The second kappa shape index (κ2) is 6.13. The molecule has 2 rings (SSSR count). The van der Waals surface area contributed by atoms with Crippen molar-refractivity contribution in [2.24, 2.45) is 11.7 Å². The van der Waals surface area contributed by atoms with Crippen LogP contribution in [0.4, 0.5) is 4.39 Å². The summed E-state index contributed by atoms with van der Waals surface area (Å²) in [5, 5.41) is 0. The van der Waals surface area contributed by atoms with Crippen molar-refractivity contribution in [1.82, 2.24) is 4.90 Å². The molecule has 0 bridgehead atoms. The summed E-state index contributed by atoms with van der Waals surface area (Å²) in [4.78, 5) is 2.32. The SMILES string of the molecule is CC1CCCN(Cc2ccc(Br)cc2F)C1CN. The van der Waals surface area contributed by atoms with Gasteiger partial charge in [0.2, 0.25) is 0 Å². The summed E-state index contributed by atoms with van der Waals surface area (Å²) in [6, 6.07) is 5.65. The number of hydrogen-bond acceptors (Lipinski definition) is 2. The van der Waals surface area contributed by atoms with E-state index < -0.39 is 0 Å². The van der Waals surface area contributed by atoms with Crippen LogP contribution in [0.2, 0.25) is 0 Å². The van der Waals surface area contributed by atoms with E-state index in [1.807, 2.05) is 12.1 Å². The Bertz CT molecular complexity index is 411. The van der Waals surface area contributed by atoms with Crippen molar-refractivity contribution in [2.45, 2.75) is 32.4 Å². The first kappa shape index (κ1) is 14.0. The molecule has 2 atom stereocenters. The summed E-state index contributed by atoms with van der Waals surface area (Å²) in [6.45, 7) is 4.56. The number of nitrogens with zero attached hydrogens (tertiary/aromatic N) is 1. The molecular formula is C14H20BrFN2. The number of benzene rings is 1. The van der Waals surface area contributed by atoms with Crippen molar-refractivity contribution >= 4 is 15.9 Å². The van der Waals surface area contributed by atoms with E-state index in [4.69, 9.17) is 5.73 Å². The van der Waals surface area contributed by atoms with Crippen LogP contribution in [0.1, 0.15) is 25.3 Å². The van der Waals surface area contributed by atoms with Crippen LogP contribution in [0.25, 0.3) is 0 Å². The lowest BCUT2D eigenvalue weighted by atomic mass is 9.90. The summed E-state index contributed by atoms with van der Waals surface area (Å²) in [7, 11) is 0. The van der Waals surface area contributed by atoms with Gasteiger partial charge in [0.1, 0.15) is 5.82 Å². The van der Waals surface area contributed by atoms with Crippen molar-refractivity contribution in [1.29, 1.82) is 0 Å². The highest BCUT2D eigenvalue weighted by Crippen LogP contribution is 2.25. The van der Waals surface area contributed by atoms with E-state index in [-0.39, 0.29) is 5.82 Å². The molecule has 0 radical (unpaired) electrons. The smallest absolute Gasteiger partial charge is 0.128 e. The fraction of sp³-hybridized carbons (Fsp3) is 0.571. The molecule has 18 heavy (non-hydrogen) atoms. The molecule has 0 aromatic heterocycles. The molecule has 1 aromatic carbocycles. The molecule has 1 aliphatic rings. The normalized spacial score (nSPS) is 25.3. The van der Waals surface area contributed by atoms with Crippen LogP contribution >= 0.6 is 15.9 Å². The van der Waals surface area contributed by atoms with Gasteiger partial charge in [0.05, 0.1) is 0 Å². The molecule has 1 saturated heterocycles. The van der Waals surface area contributed by atoms with Crippen LogP contribution < -0.4 is 5.73 Å². The van der Waals surface area contributed by atoms with Crippen LogP contribution in [0.15, 0.2) is 22.7 Å². The number of likely N-dealkylation sites (tertiary alicyclic amines) is 1. The lowest BCUT2D eigenvalue weighted by molar-refractivity contribution is 0.0979. The van der Waals surface area contributed by atoms with Crippen molar-refractivity contribution in [3.8, 4) is 0 Å². The third-order valence-electron chi connectivity index (χ3n) is 3.86. The number of piperidine rings is 1. The van der Waals surface area contributed by atoms with Crippen LogP contribution in [0.3, 0.4) is 0 Å². The Morgan fingerprint density at radius 1 is 1.50 bits per heavy atom. The predicted octanol–water partition coefficient (Wildman–Crippen LogP) is 3.15. The lowest BCUT2D eigenvalue weighted by Gasteiger charge is -2.39. The molecule has 1 aliphatic heterocycles. The number of halogens is 2. The molecule has 1 aromatic rings. The lowest BCUT2D eigenvalue weighted by Crippen LogP contribution is -2.48. The minimum atomic E-state index is -0.140. The number of nitrogens with two attached hydrogens (primary N) is 1. The van der Waals surface area contributed by atoms with Gasteiger partial charge in [-0.1, -0.05) is 28.9 Å². The van der Waals surface area contributed by atoms with Crippen LogP contribution in [-0.2, 0) is 6.54 Å².